The number of carbonyl (C=O) groups is 2. The zero-order chi connectivity index (χ0) is 19.3. The fraction of sp³-hybridized carbons (Fsp3) is 0.652. The van der Waals surface area contributed by atoms with E-state index in [-0.39, 0.29) is 23.3 Å². The molecule has 1 aromatic carbocycles. The van der Waals surface area contributed by atoms with Crippen LogP contribution in [-0.2, 0) is 0 Å². The lowest BCUT2D eigenvalue weighted by Crippen LogP contribution is -2.62. The van der Waals surface area contributed by atoms with Crippen LogP contribution >= 0.6 is 11.6 Å². The second-order valence-electron chi connectivity index (χ2n) is 9.76. The van der Waals surface area contributed by atoms with Crippen LogP contribution < -0.4 is 5.32 Å². The van der Waals surface area contributed by atoms with E-state index in [2.05, 4.69) is 5.32 Å². The van der Waals surface area contributed by atoms with Gasteiger partial charge in [0.15, 0.2) is 5.78 Å². The second kappa shape index (κ2) is 7.05. The predicted octanol–water partition coefficient (Wildman–Crippen LogP) is 4.91. The SMILES string of the molecule is O=C(c1ccc(Cl)cc1)C1CCN(C(=O)NC23CC4CC(CC(C4)C2)C3)CC1. The van der Waals surface area contributed by atoms with E-state index in [0.29, 0.717) is 18.1 Å². The Morgan fingerprint density at radius 3 is 2.00 bits per heavy atom. The van der Waals surface area contributed by atoms with Crippen molar-refractivity contribution in [3.63, 3.8) is 0 Å². The maximum atomic E-state index is 13.0. The molecule has 0 atom stereocenters. The summed E-state index contributed by atoms with van der Waals surface area (Å²) < 4.78 is 0. The number of benzene rings is 1. The number of likely N-dealkylation sites (tertiary alicyclic amines) is 1. The highest BCUT2D eigenvalue weighted by molar-refractivity contribution is 6.30. The number of nitrogens with one attached hydrogen (secondary N) is 1. The average molecular weight is 401 g/mol. The van der Waals surface area contributed by atoms with E-state index in [1.807, 2.05) is 4.90 Å². The monoisotopic (exact) mass is 400 g/mol. The molecule has 4 nitrogen and oxygen atoms in total. The van der Waals surface area contributed by atoms with Crippen LogP contribution in [0.3, 0.4) is 0 Å². The van der Waals surface area contributed by atoms with Gasteiger partial charge >= 0.3 is 6.03 Å². The van der Waals surface area contributed by atoms with Gasteiger partial charge in [-0.25, -0.2) is 4.79 Å². The fourth-order valence-corrected chi connectivity index (χ4v) is 6.89. The summed E-state index contributed by atoms with van der Waals surface area (Å²) in [5, 5.41) is 4.11. The van der Waals surface area contributed by atoms with Crippen LogP contribution in [0, 0.1) is 23.7 Å². The van der Waals surface area contributed by atoms with Gasteiger partial charge in [0.1, 0.15) is 0 Å². The number of hydrogen-bond acceptors (Lipinski definition) is 2. The predicted molar refractivity (Wildman–Crippen MR) is 110 cm³/mol. The highest BCUT2D eigenvalue weighted by atomic mass is 35.5. The number of rotatable bonds is 3. The first-order chi connectivity index (χ1) is 13.5. The van der Waals surface area contributed by atoms with Gasteiger partial charge in [-0.1, -0.05) is 11.6 Å². The number of ketones is 1. The van der Waals surface area contributed by atoms with Crippen molar-refractivity contribution in [2.75, 3.05) is 13.1 Å². The Morgan fingerprint density at radius 2 is 1.46 bits per heavy atom. The largest absolute Gasteiger partial charge is 0.333 e. The van der Waals surface area contributed by atoms with Gasteiger partial charge in [0, 0.05) is 35.1 Å². The van der Waals surface area contributed by atoms with Crippen molar-refractivity contribution in [1.82, 2.24) is 10.2 Å². The van der Waals surface area contributed by atoms with E-state index in [1.54, 1.807) is 24.3 Å². The molecule has 28 heavy (non-hydrogen) atoms. The third kappa shape index (κ3) is 3.45. The second-order valence-corrected chi connectivity index (χ2v) is 10.2. The van der Waals surface area contributed by atoms with Gasteiger partial charge in [0.2, 0.25) is 0 Å². The number of Topliss-reactive ketones (excluding diaryl/α,β-unsaturated/α-hetero) is 1. The third-order valence-corrected chi connectivity index (χ3v) is 7.94. The molecule has 1 N–H and O–H groups in total. The Bertz CT molecular complexity index is 732. The van der Waals surface area contributed by atoms with Crippen molar-refractivity contribution in [3.05, 3.63) is 34.9 Å². The number of hydrogen-bond donors (Lipinski definition) is 1. The molecule has 5 aliphatic rings. The Hall–Kier alpha value is -1.55. The highest BCUT2D eigenvalue weighted by Gasteiger charge is 2.51. The maximum Gasteiger partial charge on any atom is 0.317 e. The van der Waals surface area contributed by atoms with Crippen LogP contribution in [0.5, 0.6) is 0 Å². The lowest BCUT2D eigenvalue weighted by atomic mass is 9.53. The smallest absolute Gasteiger partial charge is 0.317 e. The molecule has 4 bridgehead atoms. The number of urea groups is 1. The van der Waals surface area contributed by atoms with E-state index >= 15 is 0 Å². The minimum atomic E-state index is 0.00442. The van der Waals surface area contributed by atoms with Crippen molar-refractivity contribution >= 4 is 23.4 Å². The van der Waals surface area contributed by atoms with Gasteiger partial charge in [-0.2, -0.15) is 0 Å². The Morgan fingerprint density at radius 1 is 0.929 bits per heavy atom. The number of piperidine rings is 1. The molecular weight excluding hydrogens is 372 g/mol. The number of carbonyl (C=O) groups excluding carboxylic acids is 2. The summed E-state index contributed by atoms with van der Waals surface area (Å²) in [5.74, 6) is 2.67. The van der Waals surface area contributed by atoms with E-state index in [9.17, 15) is 9.59 Å². The van der Waals surface area contributed by atoms with Crippen LogP contribution in [0.25, 0.3) is 0 Å². The first-order valence-electron chi connectivity index (χ1n) is 10.9. The van der Waals surface area contributed by atoms with Crippen molar-refractivity contribution in [2.24, 2.45) is 23.7 Å². The summed E-state index contributed by atoms with van der Waals surface area (Å²) in [6.07, 6.45) is 9.17. The van der Waals surface area contributed by atoms with Gasteiger partial charge in [0.25, 0.3) is 0 Å². The van der Waals surface area contributed by atoms with E-state index in [1.165, 1.54) is 38.5 Å². The van der Waals surface area contributed by atoms with Crippen molar-refractivity contribution in [2.45, 2.75) is 56.9 Å². The molecule has 1 saturated heterocycles. The molecule has 0 unspecified atom stereocenters. The van der Waals surface area contributed by atoms with Crippen LogP contribution in [0.4, 0.5) is 4.79 Å². The highest BCUT2D eigenvalue weighted by Crippen LogP contribution is 2.55. The molecule has 2 amide bonds. The Labute approximate surface area is 172 Å². The van der Waals surface area contributed by atoms with Crippen LogP contribution in [0.2, 0.25) is 5.02 Å². The standard InChI is InChI=1S/C23H29ClN2O2/c24-20-3-1-18(2-4-20)21(27)19-5-7-26(8-6-19)22(28)25-23-12-15-9-16(13-23)11-17(10-15)14-23/h1-4,15-17,19H,5-14H2,(H,25,28). The van der Waals surface area contributed by atoms with Gasteiger partial charge < -0.3 is 10.2 Å². The molecule has 150 valence electrons. The molecule has 1 heterocycles. The van der Waals surface area contributed by atoms with Gasteiger partial charge in [-0.05, 0) is 93.4 Å². The molecule has 0 radical (unpaired) electrons. The van der Waals surface area contributed by atoms with Crippen molar-refractivity contribution in [1.29, 1.82) is 0 Å². The molecule has 4 aliphatic carbocycles. The zero-order valence-electron chi connectivity index (χ0n) is 16.3. The van der Waals surface area contributed by atoms with Gasteiger partial charge in [-0.15, -0.1) is 0 Å². The van der Waals surface area contributed by atoms with Crippen molar-refractivity contribution in [3.8, 4) is 0 Å². The molecule has 6 rings (SSSR count). The molecule has 5 heteroatoms. The van der Waals surface area contributed by atoms with Crippen LogP contribution in [0.1, 0.15) is 61.7 Å². The lowest BCUT2D eigenvalue weighted by Gasteiger charge is -2.57. The first-order valence-corrected chi connectivity index (χ1v) is 11.2. The third-order valence-electron chi connectivity index (χ3n) is 7.69. The number of halogens is 1. The van der Waals surface area contributed by atoms with E-state index in [4.69, 9.17) is 11.6 Å². The van der Waals surface area contributed by atoms with E-state index in [0.717, 1.165) is 36.2 Å². The molecular formula is C23H29ClN2O2. The quantitative estimate of drug-likeness (QED) is 0.732. The summed E-state index contributed by atoms with van der Waals surface area (Å²) in [4.78, 5) is 27.6. The van der Waals surface area contributed by atoms with Crippen molar-refractivity contribution < 1.29 is 9.59 Å². The average Bonchev–Trinajstić information content (AvgIpc) is 2.67. The molecule has 0 spiro atoms. The molecule has 1 aliphatic heterocycles. The van der Waals surface area contributed by atoms with Crippen LogP contribution in [0.15, 0.2) is 24.3 Å². The number of nitrogens with zero attached hydrogens (tertiary/aromatic N) is 1. The van der Waals surface area contributed by atoms with Gasteiger partial charge in [0.05, 0.1) is 0 Å². The summed E-state index contributed by atoms with van der Waals surface area (Å²) >= 11 is 5.92. The Kier molecular flexibility index (Phi) is 4.65. The number of amides is 2. The fourth-order valence-electron chi connectivity index (χ4n) is 6.76. The lowest BCUT2D eigenvalue weighted by molar-refractivity contribution is -0.0161. The topological polar surface area (TPSA) is 49.4 Å². The summed E-state index contributed by atoms with van der Waals surface area (Å²) in [7, 11) is 0. The molecule has 4 saturated carbocycles. The summed E-state index contributed by atoms with van der Waals surface area (Å²) in [6, 6.07) is 7.23. The minimum Gasteiger partial charge on any atom is -0.333 e. The van der Waals surface area contributed by atoms with E-state index < -0.39 is 0 Å². The minimum absolute atomic E-state index is 0.00442. The zero-order valence-corrected chi connectivity index (χ0v) is 17.1. The summed E-state index contributed by atoms with van der Waals surface area (Å²) in [5.41, 5.74) is 0.780. The first kappa shape index (κ1) is 18.5. The molecule has 1 aromatic rings. The van der Waals surface area contributed by atoms with Gasteiger partial charge in [-0.3, -0.25) is 4.79 Å². The normalized spacial score (nSPS) is 34.5. The van der Waals surface area contributed by atoms with Crippen LogP contribution in [-0.4, -0.2) is 35.3 Å². The molecule has 5 fully saturated rings. The molecule has 0 aromatic heterocycles. The summed E-state index contributed by atoms with van der Waals surface area (Å²) in [6.45, 7) is 1.34. The Balaban J connectivity index is 1.17. The maximum absolute atomic E-state index is 13.0.